The Kier molecular flexibility index (Phi) is 3.36. The summed E-state index contributed by atoms with van der Waals surface area (Å²) in [7, 11) is -3.26. The van der Waals surface area contributed by atoms with Gasteiger partial charge in [0.05, 0.1) is 23.6 Å². The normalized spacial score (nSPS) is 20.9. The molecule has 1 aliphatic rings. The summed E-state index contributed by atoms with van der Waals surface area (Å²) in [5.74, 6) is -1.57. The van der Waals surface area contributed by atoms with Gasteiger partial charge in [0, 0.05) is 5.41 Å². The number of rotatable bonds is 2. The number of carbonyl (C=O) groups excluding carboxylic acids is 1. The lowest BCUT2D eigenvalue weighted by Gasteiger charge is -2.10. The number of aromatic nitrogens is 1. The Balaban J connectivity index is 2.14. The molecule has 2 heterocycles. The molecule has 1 unspecified atom stereocenters. The predicted octanol–water partition coefficient (Wildman–Crippen LogP) is 0.915. The van der Waals surface area contributed by atoms with Crippen molar-refractivity contribution in [2.75, 3.05) is 5.75 Å². The highest BCUT2D eigenvalue weighted by atomic mass is 35.5. The number of nitrogens with one attached hydrogen (secondary N) is 1. The Hall–Kier alpha value is -1.47. The Morgan fingerprint density at radius 2 is 2.28 bits per heavy atom. The molecule has 1 aromatic heterocycles. The van der Waals surface area contributed by atoms with Crippen LogP contribution in [0.3, 0.4) is 0 Å². The SMILES string of the molecule is O=C(NC1C=CS(=O)(=O)C1)c1cc(F)cnc1Cl. The van der Waals surface area contributed by atoms with E-state index in [1.807, 2.05) is 0 Å². The summed E-state index contributed by atoms with van der Waals surface area (Å²) in [5.41, 5.74) is -0.130. The number of hydrogen-bond acceptors (Lipinski definition) is 4. The molecule has 5 nitrogen and oxygen atoms in total. The molecule has 18 heavy (non-hydrogen) atoms. The first-order valence-corrected chi connectivity index (χ1v) is 6.99. The van der Waals surface area contributed by atoms with Crippen LogP contribution < -0.4 is 5.32 Å². The maximum Gasteiger partial charge on any atom is 0.255 e. The quantitative estimate of drug-likeness (QED) is 0.822. The molecule has 96 valence electrons. The van der Waals surface area contributed by atoms with Gasteiger partial charge in [0.25, 0.3) is 5.91 Å². The van der Waals surface area contributed by atoms with Gasteiger partial charge in [-0.05, 0) is 12.1 Å². The number of carbonyl (C=O) groups is 1. The van der Waals surface area contributed by atoms with Crippen molar-refractivity contribution in [1.82, 2.24) is 10.3 Å². The maximum atomic E-state index is 12.9. The predicted molar refractivity (Wildman–Crippen MR) is 63.4 cm³/mol. The third kappa shape index (κ3) is 2.85. The van der Waals surface area contributed by atoms with Gasteiger partial charge in [-0.1, -0.05) is 11.6 Å². The van der Waals surface area contributed by atoms with Gasteiger partial charge in [-0.2, -0.15) is 0 Å². The summed E-state index contributed by atoms with van der Waals surface area (Å²) in [4.78, 5) is 15.3. The monoisotopic (exact) mass is 290 g/mol. The van der Waals surface area contributed by atoms with Crippen LogP contribution in [-0.4, -0.2) is 31.1 Å². The van der Waals surface area contributed by atoms with Crippen molar-refractivity contribution in [3.05, 3.63) is 40.3 Å². The molecule has 1 aliphatic heterocycles. The zero-order chi connectivity index (χ0) is 13.3. The van der Waals surface area contributed by atoms with Crippen molar-refractivity contribution in [3.63, 3.8) is 0 Å². The molecule has 0 spiro atoms. The molecule has 1 N–H and O–H groups in total. The van der Waals surface area contributed by atoms with Crippen molar-refractivity contribution < 1.29 is 17.6 Å². The van der Waals surface area contributed by atoms with Gasteiger partial charge in [-0.3, -0.25) is 4.79 Å². The van der Waals surface area contributed by atoms with Crippen LogP contribution in [0.15, 0.2) is 23.7 Å². The van der Waals surface area contributed by atoms with Crippen molar-refractivity contribution in [2.45, 2.75) is 6.04 Å². The fraction of sp³-hybridized carbons (Fsp3) is 0.200. The van der Waals surface area contributed by atoms with E-state index in [2.05, 4.69) is 10.3 Å². The van der Waals surface area contributed by atoms with Crippen LogP contribution in [0.5, 0.6) is 0 Å². The Labute approximate surface area is 108 Å². The lowest BCUT2D eigenvalue weighted by Crippen LogP contribution is -2.35. The summed E-state index contributed by atoms with van der Waals surface area (Å²) in [6, 6.07) is 0.305. The summed E-state index contributed by atoms with van der Waals surface area (Å²) in [6.07, 6.45) is 2.24. The highest BCUT2D eigenvalue weighted by molar-refractivity contribution is 7.94. The molecule has 8 heteroatoms. The molecule has 0 bridgehead atoms. The van der Waals surface area contributed by atoms with E-state index in [9.17, 15) is 17.6 Å². The Morgan fingerprint density at radius 1 is 1.56 bits per heavy atom. The highest BCUT2D eigenvalue weighted by Crippen LogP contribution is 2.15. The van der Waals surface area contributed by atoms with E-state index in [0.29, 0.717) is 0 Å². The van der Waals surface area contributed by atoms with Crippen molar-refractivity contribution >= 4 is 27.3 Å². The summed E-state index contributed by atoms with van der Waals surface area (Å²) in [5, 5.41) is 3.31. The Bertz CT molecular complexity index is 630. The molecule has 0 saturated carbocycles. The lowest BCUT2D eigenvalue weighted by atomic mass is 10.2. The number of hydrogen-bond donors (Lipinski definition) is 1. The van der Waals surface area contributed by atoms with E-state index in [-0.39, 0.29) is 16.5 Å². The zero-order valence-corrected chi connectivity index (χ0v) is 10.5. The molecule has 2 rings (SSSR count). The average molecular weight is 291 g/mol. The molecular formula is C10H8ClFN2O3S. The number of amides is 1. The van der Waals surface area contributed by atoms with Crippen LogP contribution in [0.1, 0.15) is 10.4 Å². The number of sulfone groups is 1. The first-order chi connectivity index (χ1) is 8.37. The second kappa shape index (κ2) is 4.66. The van der Waals surface area contributed by atoms with Crippen molar-refractivity contribution in [1.29, 1.82) is 0 Å². The van der Waals surface area contributed by atoms with Crippen LogP contribution in [0.2, 0.25) is 5.15 Å². The first-order valence-electron chi connectivity index (χ1n) is 4.90. The van der Waals surface area contributed by atoms with E-state index >= 15 is 0 Å². The van der Waals surface area contributed by atoms with Gasteiger partial charge < -0.3 is 5.32 Å². The molecular weight excluding hydrogens is 283 g/mol. The maximum absolute atomic E-state index is 12.9. The minimum Gasteiger partial charge on any atom is -0.345 e. The molecule has 0 fully saturated rings. The molecule has 0 aromatic carbocycles. The second-order valence-corrected chi connectivity index (χ2v) is 6.02. The molecule has 0 aliphatic carbocycles. The van der Waals surface area contributed by atoms with Gasteiger partial charge in [0.2, 0.25) is 0 Å². The van der Waals surface area contributed by atoms with Gasteiger partial charge in [0.15, 0.2) is 9.84 Å². The van der Waals surface area contributed by atoms with Gasteiger partial charge in [0.1, 0.15) is 11.0 Å². The third-order valence-corrected chi connectivity index (χ3v) is 3.99. The average Bonchev–Trinajstić information content (AvgIpc) is 2.61. The fourth-order valence-corrected chi connectivity index (χ4v) is 2.92. The topological polar surface area (TPSA) is 76.1 Å². The number of nitrogens with zero attached hydrogens (tertiary/aromatic N) is 1. The number of pyridine rings is 1. The van der Waals surface area contributed by atoms with Crippen LogP contribution in [-0.2, 0) is 9.84 Å². The molecule has 0 saturated heterocycles. The lowest BCUT2D eigenvalue weighted by molar-refractivity contribution is 0.0947. The summed E-state index contributed by atoms with van der Waals surface area (Å²) >= 11 is 5.66. The molecule has 1 aromatic rings. The zero-order valence-electron chi connectivity index (χ0n) is 8.93. The van der Waals surface area contributed by atoms with E-state index in [1.165, 1.54) is 6.08 Å². The van der Waals surface area contributed by atoms with Crippen molar-refractivity contribution in [2.24, 2.45) is 0 Å². The third-order valence-electron chi connectivity index (χ3n) is 2.30. The fourth-order valence-electron chi connectivity index (χ4n) is 1.49. The van der Waals surface area contributed by atoms with E-state index < -0.39 is 27.6 Å². The molecule has 1 amide bonds. The van der Waals surface area contributed by atoms with Crippen molar-refractivity contribution in [3.8, 4) is 0 Å². The van der Waals surface area contributed by atoms with Crippen LogP contribution in [0.25, 0.3) is 0 Å². The van der Waals surface area contributed by atoms with E-state index in [4.69, 9.17) is 11.6 Å². The Morgan fingerprint density at radius 3 is 2.89 bits per heavy atom. The number of halogens is 2. The van der Waals surface area contributed by atoms with Gasteiger partial charge in [-0.15, -0.1) is 0 Å². The van der Waals surface area contributed by atoms with Gasteiger partial charge >= 0.3 is 0 Å². The first kappa shape index (κ1) is 13.0. The minimum absolute atomic E-state index is 0.130. The standard InChI is InChI=1S/C10H8ClFN2O3S/c11-9-8(3-6(12)4-13-9)10(15)14-7-1-2-18(16,17)5-7/h1-4,7H,5H2,(H,14,15). The van der Waals surface area contributed by atoms with E-state index in [0.717, 1.165) is 17.7 Å². The van der Waals surface area contributed by atoms with Crippen LogP contribution >= 0.6 is 11.6 Å². The van der Waals surface area contributed by atoms with Gasteiger partial charge in [-0.25, -0.2) is 17.8 Å². The molecule has 1 atom stereocenters. The smallest absolute Gasteiger partial charge is 0.255 e. The summed E-state index contributed by atoms with van der Waals surface area (Å²) in [6.45, 7) is 0. The van der Waals surface area contributed by atoms with Crippen LogP contribution in [0.4, 0.5) is 4.39 Å². The minimum atomic E-state index is -3.26. The molecule has 0 radical (unpaired) electrons. The highest BCUT2D eigenvalue weighted by Gasteiger charge is 2.24. The largest absolute Gasteiger partial charge is 0.345 e. The van der Waals surface area contributed by atoms with E-state index in [1.54, 1.807) is 0 Å². The van der Waals surface area contributed by atoms with Crippen LogP contribution in [0, 0.1) is 5.82 Å². The second-order valence-electron chi connectivity index (χ2n) is 3.73. The summed E-state index contributed by atoms with van der Waals surface area (Å²) < 4.78 is 35.2.